The molecule has 1 atom stereocenters. The van der Waals surface area contributed by atoms with Crippen molar-refractivity contribution in [3.8, 4) is 28.4 Å². The third kappa shape index (κ3) is 7.00. The number of aromatic nitrogens is 3. The molecule has 0 N–H and O–H groups in total. The molecule has 0 amide bonds. The van der Waals surface area contributed by atoms with Crippen molar-refractivity contribution in [3.63, 3.8) is 0 Å². The first-order chi connectivity index (χ1) is 23.7. The van der Waals surface area contributed by atoms with Crippen molar-refractivity contribution in [2.75, 3.05) is 20.3 Å². The third-order valence-electron chi connectivity index (χ3n) is 8.40. The van der Waals surface area contributed by atoms with E-state index in [0.29, 0.717) is 38.9 Å². The van der Waals surface area contributed by atoms with Gasteiger partial charge in [-0.15, -0.1) is 0 Å². The maximum absolute atomic E-state index is 14.4. The molecule has 252 valence electrons. The number of rotatable bonds is 11. The lowest BCUT2D eigenvalue weighted by Gasteiger charge is -2.24. The van der Waals surface area contributed by atoms with Gasteiger partial charge in [0.1, 0.15) is 17.2 Å². The van der Waals surface area contributed by atoms with Crippen molar-refractivity contribution >= 4 is 23.4 Å². The molecule has 9 nitrogen and oxygen atoms in total. The second-order valence-electron chi connectivity index (χ2n) is 12.3. The minimum absolute atomic E-state index is 0.202. The number of ether oxygens (including phenoxy) is 3. The van der Waals surface area contributed by atoms with Gasteiger partial charge in [0.15, 0.2) is 4.80 Å². The van der Waals surface area contributed by atoms with Gasteiger partial charge in [0.2, 0.25) is 0 Å². The molecule has 2 aromatic heterocycles. The maximum Gasteiger partial charge on any atom is 0.338 e. The lowest BCUT2D eigenvalue weighted by molar-refractivity contribution is -0.139. The summed E-state index contributed by atoms with van der Waals surface area (Å²) in [5, 5.41) is 5.00. The molecule has 0 saturated heterocycles. The van der Waals surface area contributed by atoms with Gasteiger partial charge in [0, 0.05) is 17.3 Å². The van der Waals surface area contributed by atoms with Gasteiger partial charge in [0.05, 0.1) is 47.9 Å². The minimum Gasteiger partial charge on any atom is -0.497 e. The van der Waals surface area contributed by atoms with Gasteiger partial charge >= 0.3 is 5.97 Å². The Hall–Kier alpha value is -5.22. The average Bonchev–Trinajstić information content (AvgIpc) is 3.65. The topological polar surface area (TPSA) is 96.9 Å². The molecule has 3 aromatic carbocycles. The summed E-state index contributed by atoms with van der Waals surface area (Å²) in [6, 6.07) is 22.6. The smallest absolute Gasteiger partial charge is 0.338 e. The third-order valence-corrected chi connectivity index (χ3v) is 9.38. The minimum atomic E-state index is -0.722. The number of thiazole rings is 1. The van der Waals surface area contributed by atoms with Crippen LogP contribution in [0.1, 0.15) is 56.8 Å². The summed E-state index contributed by atoms with van der Waals surface area (Å²) >= 11 is 1.28. The summed E-state index contributed by atoms with van der Waals surface area (Å²) in [6.07, 6.45) is 4.77. The van der Waals surface area contributed by atoms with E-state index in [9.17, 15) is 9.59 Å². The number of nitrogens with zero attached hydrogens (tertiary/aromatic N) is 4. The Kier molecular flexibility index (Phi) is 9.96. The van der Waals surface area contributed by atoms with E-state index >= 15 is 0 Å². The fraction of sp³-hybridized carbons (Fsp3) is 0.282. The van der Waals surface area contributed by atoms with Crippen molar-refractivity contribution in [1.29, 1.82) is 0 Å². The first-order valence-electron chi connectivity index (χ1n) is 16.4. The molecule has 1 unspecified atom stereocenters. The van der Waals surface area contributed by atoms with Crippen LogP contribution in [0.15, 0.2) is 100 Å². The molecule has 49 heavy (non-hydrogen) atoms. The van der Waals surface area contributed by atoms with Crippen LogP contribution in [0.5, 0.6) is 11.5 Å². The highest BCUT2D eigenvalue weighted by atomic mass is 32.1. The van der Waals surface area contributed by atoms with E-state index in [1.54, 1.807) is 25.5 Å². The van der Waals surface area contributed by atoms with E-state index in [0.717, 1.165) is 45.8 Å². The van der Waals surface area contributed by atoms with Gasteiger partial charge in [-0.05, 0) is 92.8 Å². The van der Waals surface area contributed by atoms with Crippen molar-refractivity contribution in [3.05, 3.63) is 127 Å². The van der Waals surface area contributed by atoms with Crippen LogP contribution in [0.3, 0.4) is 0 Å². The van der Waals surface area contributed by atoms with E-state index in [1.807, 2.05) is 90.6 Å². The lowest BCUT2D eigenvalue weighted by Crippen LogP contribution is -2.39. The highest BCUT2D eigenvalue weighted by Crippen LogP contribution is 2.32. The predicted octanol–water partition coefficient (Wildman–Crippen LogP) is 6.39. The Morgan fingerprint density at radius 2 is 1.80 bits per heavy atom. The van der Waals surface area contributed by atoms with E-state index in [-0.39, 0.29) is 12.2 Å². The zero-order valence-electron chi connectivity index (χ0n) is 28.6. The second kappa shape index (κ2) is 14.5. The Labute approximate surface area is 289 Å². The number of para-hydroxylation sites is 1. The molecule has 5 aromatic rings. The molecule has 10 heteroatoms. The number of fused-ring (bicyclic) bond motifs is 1. The zero-order valence-corrected chi connectivity index (χ0v) is 29.4. The number of hydrogen-bond donors (Lipinski definition) is 0. The first-order valence-corrected chi connectivity index (χ1v) is 17.2. The quantitative estimate of drug-likeness (QED) is 0.151. The van der Waals surface area contributed by atoms with E-state index in [4.69, 9.17) is 24.3 Å². The van der Waals surface area contributed by atoms with E-state index < -0.39 is 12.0 Å². The zero-order chi connectivity index (χ0) is 34.7. The molecule has 0 bridgehead atoms. The van der Waals surface area contributed by atoms with Gasteiger partial charge < -0.3 is 14.2 Å². The number of carbonyl (C=O) groups excluding carboxylic acids is 1. The fourth-order valence-electron chi connectivity index (χ4n) is 5.83. The monoisotopic (exact) mass is 676 g/mol. The van der Waals surface area contributed by atoms with Gasteiger partial charge in [-0.25, -0.2) is 14.5 Å². The standard InChI is InChI=1S/C39H40N4O5S/c1-7-47-38(45)34-26(5)40-39-43(36(34)27-13-16-31(46-6)17-14-27)37(44)33(49-39)22-29-23-42(30-11-9-8-10-12-30)41-35(29)28-15-18-32(25(4)21-28)48-20-19-24(2)3/h8-18,21-24,36H,7,19-20H2,1-6H3/b33-22-. The van der Waals surface area contributed by atoms with Crippen molar-refractivity contribution in [1.82, 2.24) is 14.3 Å². The van der Waals surface area contributed by atoms with Crippen molar-refractivity contribution < 1.29 is 19.0 Å². The average molecular weight is 677 g/mol. The number of aryl methyl sites for hydroxylation is 1. The predicted molar refractivity (Wildman–Crippen MR) is 192 cm³/mol. The number of carbonyl (C=O) groups is 1. The molecule has 0 radical (unpaired) electrons. The SMILES string of the molecule is CCOC(=O)C1=C(C)N=c2s/c(=C\c3cn(-c4ccccc4)nc3-c3ccc(OCCC(C)C)c(C)c3)c(=O)n2C1c1ccc(OC)cc1. The van der Waals surface area contributed by atoms with Gasteiger partial charge in [-0.1, -0.05) is 55.5 Å². The van der Waals surface area contributed by atoms with Crippen LogP contribution in [0.25, 0.3) is 23.0 Å². The summed E-state index contributed by atoms with van der Waals surface area (Å²) in [5.41, 5.74) is 5.61. The van der Waals surface area contributed by atoms with Crippen molar-refractivity contribution in [2.45, 2.75) is 47.1 Å². The summed E-state index contributed by atoms with van der Waals surface area (Å²) in [5.74, 6) is 1.57. The maximum atomic E-state index is 14.4. The summed E-state index contributed by atoms with van der Waals surface area (Å²) < 4.78 is 20.8. The molecule has 3 heterocycles. The fourth-order valence-corrected chi connectivity index (χ4v) is 6.87. The van der Waals surface area contributed by atoms with Crippen LogP contribution in [-0.4, -0.2) is 40.6 Å². The van der Waals surface area contributed by atoms with Gasteiger partial charge in [-0.3, -0.25) is 9.36 Å². The van der Waals surface area contributed by atoms with Crippen LogP contribution >= 0.6 is 11.3 Å². The highest BCUT2D eigenvalue weighted by Gasteiger charge is 2.33. The van der Waals surface area contributed by atoms with Crippen LogP contribution in [0, 0.1) is 12.8 Å². The van der Waals surface area contributed by atoms with Gasteiger partial charge in [-0.2, -0.15) is 5.10 Å². The van der Waals surface area contributed by atoms with E-state index in [2.05, 4.69) is 19.9 Å². The molecular weight excluding hydrogens is 637 g/mol. The Bertz CT molecular complexity index is 2190. The molecule has 1 aliphatic rings. The Morgan fingerprint density at radius 1 is 1.04 bits per heavy atom. The second-order valence-corrected chi connectivity index (χ2v) is 13.3. The summed E-state index contributed by atoms with van der Waals surface area (Å²) in [6.45, 7) is 10.8. The number of hydrogen-bond acceptors (Lipinski definition) is 8. The van der Waals surface area contributed by atoms with Crippen molar-refractivity contribution in [2.24, 2.45) is 10.9 Å². The van der Waals surface area contributed by atoms with Crippen LogP contribution in [0.2, 0.25) is 0 Å². The lowest BCUT2D eigenvalue weighted by atomic mass is 9.96. The van der Waals surface area contributed by atoms with Gasteiger partial charge in [0.25, 0.3) is 5.56 Å². The number of benzene rings is 3. The molecule has 1 aliphatic heterocycles. The largest absolute Gasteiger partial charge is 0.497 e. The molecule has 0 spiro atoms. The first kappa shape index (κ1) is 33.7. The Morgan fingerprint density at radius 3 is 2.47 bits per heavy atom. The highest BCUT2D eigenvalue weighted by molar-refractivity contribution is 7.07. The molecule has 6 rings (SSSR count). The molecule has 0 saturated carbocycles. The molecular formula is C39H40N4O5S. The van der Waals surface area contributed by atoms with Crippen LogP contribution in [-0.2, 0) is 9.53 Å². The summed E-state index contributed by atoms with van der Waals surface area (Å²) in [4.78, 5) is 32.9. The van der Waals surface area contributed by atoms with Crippen LogP contribution in [0.4, 0.5) is 0 Å². The molecule has 0 aliphatic carbocycles. The molecule has 0 fully saturated rings. The number of methoxy groups -OCH3 is 1. The normalized spacial score (nSPS) is 14.5. The van der Waals surface area contributed by atoms with E-state index in [1.165, 1.54) is 11.3 Å². The Balaban J connectivity index is 1.49. The summed E-state index contributed by atoms with van der Waals surface area (Å²) in [7, 11) is 1.60. The van der Waals surface area contributed by atoms with Crippen LogP contribution < -0.4 is 24.4 Å². The number of allylic oxidation sites excluding steroid dienone is 1. The number of esters is 1.